The van der Waals surface area contributed by atoms with E-state index in [1.807, 2.05) is 6.92 Å². The minimum atomic E-state index is -0.333. The Kier molecular flexibility index (Phi) is 3.88. The Morgan fingerprint density at radius 2 is 2.09 bits per heavy atom. The molecule has 22 heavy (non-hydrogen) atoms. The number of furan rings is 1. The Labute approximate surface area is 132 Å². The fourth-order valence-corrected chi connectivity index (χ4v) is 2.52. The van der Waals surface area contributed by atoms with Gasteiger partial charge in [-0.25, -0.2) is 0 Å². The predicted molar refractivity (Wildman–Crippen MR) is 86.3 cm³/mol. The number of aryl methyl sites for hydroxylation is 1. The quantitative estimate of drug-likeness (QED) is 0.763. The normalized spacial score (nSPS) is 10.9. The maximum atomic E-state index is 12.4. The third kappa shape index (κ3) is 2.71. The van der Waals surface area contributed by atoms with Crippen LogP contribution in [0.3, 0.4) is 0 Å². The highest BCUT2D eigenvalue weighted by molar-refractivity contribution is 6.31. The molecular formula is C17H14ClNO3. The molecular weight excluding hydrogens is 302 g/mol. The molecule has 2 aromatic carbocycles. The average Bonchev–Trinajstić information content (AvgIpc) is 2.84. The van der Waals surface area contributed by atoms with Crippen LogP contribution in [0.15, 0.2) is 46.9 Å². The number of aliphatic hydroxyl groups excluding tert-OH is 1. The Hall–Kier alpha value is -2.30. The lowest BCUT2D eigenvalue weighted by Crippen LogP contribution is -2.12. The largest absolute Gasteiger partial charge is 0.451 e. The zero-order chi connectivity index (χ0) is 15.7. The molecule has 1 aromatic heterocycles. The summed E-state index contributed by atoms with van der Waals surface area (Å²) in [7, 11) is 0. The number of nitrogens with one attached hydrogen (secondary N) is 1. The molecule has 0 aliphatic rings. The lowest BCUT2D eigenvalue weighted by atomic mass is 10.1. The van der Waals surface area contributed by atoms with Crippen LogP contribution in [0.5, 0.6) is 0 Å². The number of aliphatic hydroxyl groups is 1. The highest BCUT2D eigenvalue weighted by Crippen LogP contribution is 2.28. The van der Waals surface area contributed by atoms with Crippen molar-refractivity contribution in [3.63, 3.8) is 0 Å². The molecule has 0 saturated carbocycles. The van der Waals surface area contributed by atoms with E-state index in [4.69, 9.17) is 21.1 Å². The minimum Gasteiger partial charge on any atom is -0.451 e. The van der Waals surface area contributed by atoms with Crippen LogP contribution in [-0.2, 0) is 6.61 Å². The summed E-state index contributed by atoms with van der Waals surface area (Å²) in [5, 5.41) is 13.3. The molecule has 2 N–H and O–H groups in total. The van der Waals surface area contributed by atoms with Crippen LogP contribution in [0, 0.1) is 6.92 Å². The van der Waals surface area contributed by atoms with Crippen molar-refractivity contribution in [2.24, 2.45) is 0 Å². The van der Waals surface area contributed by atoms with Crippen molar-refractivity contribution in [1.82, 2.24) is 0 Å². The first kappa shape index (κ1) is 14.6. The van der Waals surface area contributed by atoms with Crippen LogP contribution >= 0.6 is 11.6 Å². The zero-order valence-electron chi connectivity index (χ0n) is 11.9. The van der Waals surface area contributed by atoms with Crippen LogP contribution in [0.25, 0.3) is 11.0 Å². The summed E-state index contributed by atoms with van der Waals surface area (Å²) in [4.78, 5) is 12.4. The molecule has 112 valence electrons. The van der Waals surface area contributed by atoms with E-state index in [1.165, 1.54) is 0 Å². The van der Waals surface area contributed by atoms with Gasteiger partial charge in [0.05, 0.1) is 6.61 Å². The summed E-state index contributed by atoms with van der Waals surface area (Å²) in [6.07, 6.45) is 0. The van der Waals surface area contributed by atoms with Gasteiger partial charge in [-0.15, -0.1) is 0 Å². The highest BCUT2D eigenvalue weighted by atomic mass is 35.5. The molecule has 1 amide bonds. The van der Waals surface area contributed by atoms with Crippen LogP contribution in [-0.4, -0.2) is 11.0 Å². The number of anilines is 1. The van der Waals surface area contributed by atoms with E-state index in [0.717, 1.165) is 16.5 Å². The van der Waals surface area contributed by atoms with Crippen molar-refractivity contribution in [3.05, 3.63) is 64.4 Å². The van der Waals surface area contributed by atoms with Crippen LogP contribution in [0.1, 0.15) is 21.7 Å². The smallest absolute Gasteiger partial charge is 0.291 e. The molecule has 1 heterocycles. The molecule has 0 aliphatic heterocycles. The summed E-state index contributed by atoms with van der Waals surface area (Å²) < 4.78 is 5.62. The Bertz CT molecular complexity index is 854. The van der Waals surface area contributed by atoms with E-state index < -0.39 is 0 Å². The van der Waals surface area contributed by atoms with Crippen molar-refractivity contribution >= 4 is 34.2 Å². The molecule has 0 atom stereocenters. The third-order valence-electron chi connectivity index (χ3n) is 3.47. The summed E-state index contributed by atoms with van der Waals surface area (Å²) >= 11 is 5.98. The number of benzene rings is 2. The molecule has 0 saturated heterocycles. The number of fused-ring (bicyclic) bond motifs is 1. The van der Waals surface area contributed by atoms with Gasteiger partial charge in [0, 0.05) is 21.7 Å². The van der Waals surface area contributed by atoms with Crippen LogP contribution in [0.4, 0.5) is 5.69 Å². The molecule has 0 fully saturated rings. The summed E-state index contributed by atoms with van der Waals surface area (Å²) in [6.45, 7) is 1.74. The maximum absolute atomic E-state index is 12.4. The van der Waals surface area contributed by atoms with E-state index >= 15 is 0 Å². The van der Waals surface area contributed by atoms with Gasteiger partial charge in [-0.05, 0) is 42.8 Å². The van der Waals surface area contributed by atoms with Crippen molar-refractivity contribution in [3.8, 4) is 0 Å². The molecule has 0 bridgehead atoms. The molecule has 0 unspecified atom stereocenters. The summed E-state index contributed by atoms with van der Waals surface area (Å²) in [5.41, 5.74) is 2.70. The van der Waals surface area contributed by atoms with Gasteiger partial charge < -0.3 is 14.8 Å². The van der Waals surface area contributed by atoms with Gasteiger partial charge in [-0.1, -0.05) is 23.7 Å². The van der Waals surface area contributed by atoms with E-state index in [9.17, 15) is 4.79 Å². The average molecular weight is 316 g/mol. The van der Waals surface area contributed by atoms with Gasteiger partial charge in [0.1, 0.15) is 5.58 Å². The van der Waals surface area contributed by atoms with Crippen LogP contribution < -0.4 is 5.32 Å². The number of rotatable bonds is 3. The van der Waals surface area contributed by atoms with Gasteiger partial charge in [0.25, 0.3) is 5.91 Å². The topological polar surface area (TPSA) is 62.5 Å². The molecule has 3 aromatic rings. The predicted octanol–water partition coefficient (Wildman–Crippen LogP) is 4.14. The molecule has 0 aliphatic carbocycles. The second kappa shape index (κ2) is 5.83. The summed E-state index contributed by atoms with van der Waals surface area (Å²) in [6, 6.07) is 12.3. The first-order chi connectivity index (χ1) is 10.6. The lowest BCUT2D eigenvalue weighted by molar-refractivity contribution is 0.0998. The first-order valence-electron chi connectivity index (χ1n) is 6.78. The second-order valence-corrected chi connectivity index (χ2v) is 5.45. The monoisotopic (exact) mass is 315 g/mol. The molecule has 5 heteroatoms. The van der Waals surface area contributed by atoms with Gasteiger partial charge in [0.2, 0.25) is 0 Å². The number of carbonyl (C=O) groups excluding carboxylic acids is 1. The van der Waals surface area contributed by atoms with E-state index in [0.29, 0.717) is 16.3 Å². The van der Waals surface area contributed by atoms with E-state index in [-0.39, 0.29) is 18.3 Å². The number of carbonyl (C=O) groups is 1. The van der Waals surface area contributed by atoms with E-state index in [2.05, 4.69) is 5.32 Å². The van der Waals surface area contributed by atoms with Crippen molar-refractivity contribution in [1.29, 1.82) is 0 Å². The minimum absolute atomic E-state index is 0.0775. The Balaban J connectivity index is 1.93. The van der Waals surface area contributed by atoms with Crippen LogP contribution in [0.2, 0.25) is 5.02 Å². The van der Waals surface area contributed by atoms with Gasteiger partial charge in [-0.2, -0.15) is 0 Å². The maximum Gasteiger partial charge on any atom is 0.291 e. The number of hydrogen-bond donors (Lipinski definition) is 2. The van der Waals surface area contributed by atoms with Gasteiger partial charge in [0.15, 0.2) is 5.76 Å². The molecule has 0 radical (unpaired) electrons. The molecule has 3 rings (SSSR count). The van der Waals surface area contributed by atoms with E-state index in [1.54, 1.807) is 42.5 Å². The number of hydrogen-bond acceptors (Lipinski definition) is 3. The third-order valence-corrected chi connectivity index (χ3v) is 3.71. The highest BCUT2D eigenvalue weighted by Gasteiger charge is 2.18. The molecule has 0 spiro atoms. The summed E-state index contributed by atoms with van der Waals surface area (Å²) in [5.74, 6) is -0.0772. The van der Waals surface area contributed by atoms with Gasteiger partial charge >= 0.3 is 0 Å². The molecule has 4 nitrogen and oxygen atoms in total. The Morgan fingerprint density at radius 1 is 1.27 bits per heavy atom. The lowest BCUT2D eigenvalue weighted by Gasteiger charge is -2.05. The van der Waals surface area contributed by atoms with Crippen molar-refractivity contribution in [2.45, 2.75) is 13.5 Å². The SMILES string of the molecule is Cc1c(C(=O)Nc2cccc(CO)c2)oc2ccc(Cl)cc12. The number of halogens is 1. The fraction of sp³-hybridized carbons (Fsp3) is 0.118. The number of amides is 1. The first-order valence-corrected chi connectivity index (χ1v) is 7.16. The standard InChI is InChI=1S/C17H14ClNO3/c1-10-14-8-12(18)5-6-15(14)22-16(10)17(21)19-13-4-2-3-11(7-13)9-20/h2-8,20H,9H2,1H3,(H,19,21). The Morgan fingerprint density at radius 3 is 2.86 bits per heavy atom. The second-order valence-electron chi connectivity index (χ2n) is 5.01. The van der Waals surface area contributed by atoms with Crippen molar-refractivity contribution < 1.29 is 14.3 Å². The van der Waals surface area contributed by atoms with Gasteiger partial charge in [-0.3, -0.25) is 4.79 Å². The zero-order valence-corrected chi connectivity index (χ0v) is 12.6. The van der Waals surface area contributed by atoms with Crippen molar-refractivity contribution in [2.75, 3.05) is 5.32 Å². The fourth-order valence-electron chi connectivity index (χ4n) is 2.35.